The van der Waals surface area contributed by atoms with Gasteiger partial charge in [-0.1, -0.05) is 23.7 Å². The highest BCUT2D eigenvalue weighted by molar-refractivity contribution is 6.30. The minimum Gasteiger partial charge on any atom is -0.399 e. The van der Waals surface area contributed by atoms with Crippen LogP contribution in [0.1, 0.15) is 15.9 Å². The van der Waals surface area contributed by atoms with Gasteiger partial charge in [0.1, 0.15) is 0 Å². The fourth-order valence-corrected chi connectivity index (χ4v) is 2.28. The third-order valence-corrected chi connectivity index (χ3v) is 3.24. The maximum absolute atomic E-state index is 11.5. The molecule has 0 saturated heterocycles. The minimum absolute atomic E-state index is 0.448. The Kier molecular flexibility index (Phi) is 4.15. The van der Waals surface area contributed by atoms with Crippen molar-refractivity contribution in [3.8, 4) is 0 Å². The van der Waals surface area contributed by atoms with E-state index in [-0.39, 0.29) is 0 Å². The number of nitrogen functional groups attached to an aromatic ring is 1. The Labute approximate surface area is 122 Å². The number of nitrogens with two attached hydrogens (primary N) is 2. The lowest BCUT2D eigenvalue weighted by Gasteiger charge is -2.22. The zero-order valence-corrected chi connectivity index (χ0v) is 11.9. The first-order valence-corrected chi connectivity index (χ1v) is 6.50. The van der Waals surface area contributed by atoms with Crippen molar-refractivity contribution in [1.82, 2.24) is 0 Å². The second kappa shape index (κ2) is 5.84. The molecule has 2 rings (SSSR count). The van der Waals surface area contributed by atoms with Crippen LogP contribution in [0, 0.1) is 0 Å². The van der Waals surface area contributed by atoms with E-state index >= 15 is 0 Å². The molecule has 4 N–H and O–H groups in total. The summed E-state index contributed by atoms with van der Waals surface area (Å²) in [5, 5.41) is 0.679. The van der Waals surface area contributed by atoms with Crippen molar-refractivity contribution in [1.29, 1.82) is 0 Å². The number of benzene rings is 2. The Morgan fingerprint density at radius 1 is 1.25 bits per heavy atom. The molecule has 104 valence electrons. The summed E-state index contributed by atoms with van der Waals surface area (Å²) in [4.78, 5) is 13.4. The third kappa shape index (κ3) is 3.22. The normalized spacial score (nSPS) is 10.3. The van der Waals surface area contributed by atoms with Crippen molar-refractivity contribution < 1.29 is 4.79 Å². The zero-order chi connectivity index (χ0) is 14.7. The van der Waals surface area contributed by atoms with E-state index in [1.165, 1.54) is 0 Å². The summed E-state index contributed by atoms with van der Waals surface area (Å²) in [7, 11) is 1.88. The van der Waals surface area contributed by atoms with Crippen LogP contribution in [-0.2, 0) is 6.54 Å². The van der Waals surface area contributed by atoms with Crippen LogP contribution in [-0.4, -0.2) is 13.0 Å². The molecule has 0 aliphatic heterocycles. The Morgan fingerprint density at radius 3 is 2.65 bits per heavy atom. The molecule has 0 spiro atoms. The standard InChI is InChI=1S/C15H16ClN3O/c1-19(9-10-3-2-4-11(16)7-10)14-8-12(17)5-6-13(14)15(18)20/h2-8H,9,17H2,1H3,(H2,18,20). The molecule has 2 aromatic carbocycles. The lowest BCUT2D eigenvalue weighted by Crippen LogP contribution is -2.22. The Balaban J connectivity index is 2.31. The molecule has 0 saturated carbocycles. The van der Waals surface area contributed by atoms with Gasteiger partial charge in [0, 0.05) is 24.3 Å². The number of carbonyl (C=O) groups excluding carboxylic acids is 1. The van der Waals surface area contributed by atoms with Gasteiger partial charge in [-0.15, -0.1) is 0 Å². The second-order valence-electron chi connectivity index (χ2n) is 4.63. The van der Waals surface area contributed by atoms with Crippen LogP contribution in [0.4, 0.5) is 11.4 Å². The number of nitrogens with zero attached hydrogens (tertiary/aromatic N) is 1. The lowest BCUT2D eigenvalue weighted by atomic mass is 10.1. The zero-order valence-electron chi connectivity index (χ0n) is 11.1. The van der Waals surface area contributed by atoms with Crippen molar-refractivity contribution in [2.45, 2.75) is 6.54 Å². The number of hydrogen-bond donors (Lipinski definition) is 2. The molecule has 5 heteroatoms. The number of primary amides is 1. The molecule has 1 amide bonds. The van der Waals surface area contributed by atoms with Crippen LogP contribution in [0.3, 0.4) is 0 Å². The summed E-state index contributed by atoms with van der Waals surface area (Å²) in [5.41, 5.74) is 14.0. The predicted octanol–water partition coefficient (Wildman–Crippen LogP) is 2.66. The van der Waals surface area contributed by atoms with Crippen molar-refractivity contribution in [2.24, 2.45) is 5.73 Å². The average molecular weight is 290 g/mol. The highest BCUT2D eigenvalue weighted by atomic mass is 35.5. The van der Waals surface area contributed by atoms with Crippen LogP contribution in [0.15, 0.2) is 42.5 Å². The minimum atomic E-state index is -0.474. The van der Waals surface area contributed by atoms with Gasteiger partial charge < -0.3 is 16.4 Å². The van der Waals surface area contributed by atoms with Gasteiger partial charge in [0.2, 0.25) is 0 Å². The van der Waals surface area contributed by atoms with Gasteiger partial charge in [0.15, 0.2) is 0 Å². The van der Waals surface area contributed by atoms with E-state index in [1.54, 1.807) is 18.2 Å². The van der Waals surface area contributed by atoms with E-state index in [0.717, 1.165) is 5.56 Å². The molecule has 0 aliphatic rings. The smallest absolute Gasteiger partial charge is 0.250 e. The Bertz CT molecular complexity index is 643. The first kappa shape index (κ1) is 14.2. The highest BCUT2D eigenvalue weighted by Crippen LogP contribution is 2.24. The second-order valence-corrected chi connectivity index (χ2v) is 5.06. The molecular weight excluding hydrogens is 274 g/mol. The molecule has 2 aromatic rings. The molecule has 0 radical (unpaired) electrons. The highest BCUT2D eigenvalue weighted by Gasteiger charge is 2.12. The van der Waals surface area contributed by atoms with E-state index in [1.807, 2.05) is 36.2 Å². The van der Waals surface area contributed by atoms with E-state index in [4.69, 9.17) is 23.1 Å². The summed E-state index contributed by atoms with van der Waals surface area (Å²) in [6, 6.07) is 12.6. The fourth-order valence-electron chi connectivity index (χ4n) is 2.07. The van der Waals surface area contributed by atoms with E-state index in [0.29, 0.717) is 28.5 Å². The predicted molar refractivity (Wildman–Crippen MR) is 82.9 cm³/mol. The van der Waals surface area contributed by atoms with Gasteiger partial charge in [0.05, 0.1) is 11.3 Å². The lowest BCUT2D eigenvalue weighted by molar-refractivity contribution is 0.100. The number of anilines is 2. The average Bonchev–Trinajstić information content (AvgIpc) is 2.38. The summed E-state index contributed by atoms with van der Waals surface area (Å²) < 4.78 is 0. The first-order valence-electron chi connectivity index (χ1n) is 6.12. The van der Waals surface area contributed by atoms with Gasteiger partial charge in [-0.25, -0.2) is 0 Å². The van der Waals surface area contributed by atoms with Crippen molar-refractivity contribution in [2.75, 3.05) is 17.7 Å². The van der Waals surface area contributed by atoms with Crippen molar-refractivity contribution >= 4 is 28.9 Å². The van der Waals surface area contributed by atoms with E-state index in [9.17, 15) is 4.79 Å². The summed E-state index contributed by atoms with van der Waals surface area (Å²) in [6.07, 6.45) is 0. The van der Waals surface area contributed by atoms with Gasteiger partial charge in [-0.2, -0.15) is 0 Å². The fraction of sp³-hybridized carbons (Fsp3) is 0.133. The summed E-state index contributed by atoms with van der Waals surface area (Å²) in [5.74, 6) is -0.474. The van der Waals surface area contributed by atoms with Crippen LogP contribution in [0.25, 0.3) is 0 Å². The molecule has 0 aliphatic carbocycles. The summed E-state index contributed by atoms with van der Waals surface area (Å²) >= 11 is 5.97. The van der Waals surface area contributed by atoms with E-state index in [2.05, 4.69) is 0 Å². The molecule has 0 unspecified atom stereocenters. The molecule has 0 heterocycles. The number of amides is 1. The van der Waals surface area contributed by atoms with Crippen molar-refractivity contribution in [3.63, 3.8) is 0 Å². The summed E-state index contributed by atoms with van der Waals surface area (Å²) in [6.45, 7) is 0.601. The molecule has 0 aromatic heterocycles. The monoisotopic (exact) mass is 289 g/mol. The quantitative estimate of drug-likeness (QED) is 0.850. The maximum atomic E-state index is 11.5. The third-order valence-electron chi connectivity index (χ3n) is 3.01. The Morgan fingerprint density at radius 2 is 2.00 bits per heavy atom. The van der Waals surface area contributed by atoms with Crippen LogP contribution in [0.2, 0.25) is 5.02 Å². The van der Waals surface area contributed by atoms with Gasteiger partial charge in [-0.05, 0) is 35.9 Å². The maximum Gasteiger partial charge on any atom is 0.250 e. The van der Waals surface area contributed by atoms with Gasteiger partial charge in [-0.3, -0.25) is 4.79 Å². The van der Waals surface area contributed by atoms with E-state index < -0.39 is 5.91 Å². The number of rotatable bonds is 4. The molecule has 20 heavy (non-hydrogen) atoms. The number of hydrogen-bond acceptors (Lipinski definition) is 3. The van der Waals surface area contributed by atoms with Crippen molar-refractivity contribution in [3.05, 3.63) is 58.6 Å². The SMILES string of the molecule is CN(Cc1cccc(Cl)c1)c1cc(N)ccc1C(N)=O. The van der Waals surface area contributed by atoms with Gasteiger partial charge in [0.25, 0.3) is 5.91 Å². The topological polar surface area (TPSA) is 72.3 Å². The molecule has 0 fully saturated rings. The molecule has 0 bridgehead atoms. The molecule has 4 nitrogen and oxygen atoms in total. The largest absolute Gasteiger partial charge is 0.399 e. The first-order chi connectivity index (χ1) is 9.47. The number of carbonyl (C=O) groups is 1. The van der Waals surface area contributed by atoms with Crippen LogP contribution in [0.5, 0.6) is 0 Å². The Hall–Kier alpha value is -2.20. The van der Waals surface area contributed by atoms with Gasteiger partial charge >= 0.3 is 0 Å². The number of halogens is 1. The van der Waals surface area contributed by atoms with Crippen LogP contribution < -0.4 is 16.4 Å². The molecular formula is C15H16ClN3O. The molecule has 0 atom stereocenters. The van der Waals surface area contributed by atoms with Crippen LogP contribution >= 0.6 is 11.6 Å².